The van der Waals surface area contributed by atoms with Gasteiger partial charge < -0.3 is 20.5 Å². The number of hydrogen-bond donors (Lipinski definition) is 4. The van der Waals surface area contributed by atoms with Gasteiger partial charge in [0.25, 0.3) is 5.56 Å². The molecule has 158 valence electrons. The molecule has 1 heterocycles. The summed E-state index contributed by atoms with van der Waals surface area (Å²) in [6.45, 7) is 4.71. The molecule has 1 unspecified atom stereocenters. The van der Waals surface area contributed by atoms with Crippen molar-refractivity contribution in [1.29, 1.82) is 0 Å². The summed E-state index contributed by atoms with van der Waals surface area (Å²) in [4.78, 5) is 37.7. The molecular weight excluding hydrogens is 410 g/mol. The van der Waals surface area contributed by atoms with E-state index in [-0.39, 0.29) is 11.6 Å². The number of benzene rings is 2. The summed E-state index contributed by atoms with van der Waals surface area (Å²) in [6, 6.07) is 13.9. The van der Waals surface area contributed by atoms with Crippen molar-refractivity contribution in [2.75, 3.05) is 0 Å². The van der Waals surface area contributed by atoms with Crippen LogP contribution in [0.1, 0.15) is 36.3 Å². The molecule has 3 aromatic rings. The Morgan fingerprint density at radius 1 is 1.13 bits per heavy atom. The predicted molar refractivity (Wildman–Crippen MR) is 114 cm³/mol. The summed E-state index contributed by atoms with van der Waals surface area (Å²) in [6.07, 6.45) is 0.955. The molecule has 0 amide bonds. The average molecular weight is 432 g/mol. The summed E-state index contributed by atoms with van der Waals surface area (Å²) in [7, 11) is 0. The second-order valence-corrected chi connectivity index (χ2v) is 6.97. The molecule has 2 aromatic carbocycles. The number of fused-ring (bicyclic) bond motifs is 1. The third kappa shape index (κ3) is 6.40. The molecule has 3 rings (SSSR count). The first-order valence-corrected chi connectivity index (χ1v) is 9.53. The molecule has 0 fully saturated rings. The number of H-pyrrole nitrogens is 1. The molecule has 0 saturated carbocycles. The van der Waals surface area contributed by atoms with Crippen molar-refractivity contribution in [3.8, 4) is 0 Å². The Kier molecular flexibility index (Phi) is 8.08. The van der Waals surface area contributed by atoms with Gasteiger partial charge in [-0.1, -0.05) is 48.4 Å². The lowest BCUT2D eigenvalue weighted by atomic mass is 10.0. The number of nitrogens with one attached hydrogen (secondary N) is 2. The smallest absolute Gasteiger partial charge is 0.414 e. The van der Waals surface area contributed by atoms with Crippen molar-refractivity contribution in [3.63, 3.8) is 0 Å². The first kappa shape index (κ1) is 23.1. The number of aromatic nitrogens is 2. The Balaban J connectivity index is 0.000000469. The van der Waals surface area contributed by atoms with Crippen LogP contribution in [0.2, 0.25) is 5.02 Å². The third-order valence-corrected chi connectivity index (χ3v) is 4.54. The molecule has 1 atom stereocenters. The van der Waals surface area contributed by atoms with Gasteiger partial charge in [-0.3, -0.25) is 4.79 Å². The minimum atomic E-state index is -1.82. The Bertz CT molecular complexity index is 1080. The van der Waals surface area contributed by atoms with Gasteiger partial charge >= 0.3 is 11.9 Å². The average Bonchev–Trinajstić information content (AvgIpc) is 2.70. The highest BCUT2D eigenvalue weighted by molar-refractivity contribution is 6.31. The number of carbonyl (C=O) groups is 2. The van der Waals surface area contributed by atoms with Gasteiger partial charge in [0.2, 0.25) is 0 Å². The normalized spacial score (nSPS) is 11.4. The topological polar surface area (TPSA) is 132 Å². The lowest BCUT2D eigenvalue weighted by molar-refractivity contribution is -0.159. The lowest BCUT2D eigenvalue weighted by Crippen LogP contribution is -2.23. The Labute approximate surface area is 177 Å². The fraction of sp³-hybridized carbons (Fsp3) is 0.238. The van der Waals surface area contributed by atoms with E-state index in [9.17, 15) is 4.79 Å². The maximum absolute atomic E-state index is 12.2. The number of carboxylic acids is 2. The maximum Gasteiger partial charge on any atom is 0.414 e. The zero-order chi connectivity index (χ0) is 22.3. The summed E-state index contributed by atoms with van der Waals surface area (Å²) in [5, 5.41) is 19.3. The van der Waals surface area contributed by atoms with E-state index >= 15 is 0 Å². The van der Waals surface area contributed by atoms with Crippen LogP contribution >= 0.6 is 11.6 Å². The third-order valence-electron chi connectivity index (χ3n) is 4.30. The molecule has 0 aliphatic carbocycles. The predicted octanol–water partition coefficient (Wildman–Crippen LogP) is 3.28. The number of halogens is 1. The van der Waals surface area contributed by atoms with Crippen LogP contribution in [-0.2, 0) is 16.1 Å². The van der Waals surface area contributed by atoms with Crippen molar-refractivity contribution >= 4 is 34.4 Å². The fourth-order valence-electron chi connectivity index (χ4n) is 2.76. The molecule has 0 bridgehead atoms. The van der Waals surface area contributed by atoms with Gasteiger partial charge in [-0.2, -0.15) is 0 Å². The van der Waals surface area contributed by atoms with Crippen LogP contribution in [0.3, 0.4) is 0 Å². The van der Waals surface area contributed by atoms with E-state index in [2.05, 4.69) is 53.4 Å². The molecule has 8 nitrogen and oxygen atoms in total. The van der Waals surface area contributed by atoms with E-state index in [0.717, 1.165) is 6.42 Å². The quantitative estimate of drug-likeness (QED) is 0.455. The van der Waals surface area contributed by atoms with Crippen LogP contribution < -0.4 is 10.9 Å². The van der Waals surface area contributed by atoms with E-state index < -0.39 is 11.9 Å². The largest absolute Gasteiger partial charge is 0.473 e. The van der Waals surface area contributed by atoms with Crippen LogP contribution in [0.25, 0.3) is 10.9 Å². The molecule has 0 radical (unpaired) electrons. The number of carboxylic acid groups (broad SMARTS) is 2. The van der Waals surface area contributed by atoms with Gasteiger partial charge in [0.15, 0.2) is 0 Å². The molecule has 1 aromatic heterocycles. The van der Waals surface area contributed by atoms with Gasteiger partial charge in [0.05, 0.1) is 17.4 Å². The molecule has 0 saturated heterocycles. The monoisotopic (exact) mass is 431 g/mol. The summed E-state index contributed by atoms with van der Waals surface area (Å²) < 4.78 is 0. The fourth-order valence-corrected chi connectivity index (χ4v) is 2.93. The van der Waals surface area contributed by atoms with Gasteiger partial charge in [0, 0.05) is 11.1 Å². The number of aromatic amines is 1. The van der Waals surface area contributed by atoms with Crippen molar-refractivity contribution in [2.24, 2.45) is 0 Å². The molecular formula is C21H22ClN3O5. The van der Waals surface area contributed by atoms with Crippen LogP contribution in [-0.4, -0.2) is 32.1 Å². The molecule has 30 heavy (non-hydrogen) atoms. The van der Waals surface area contributed by atoms with E-state index in [1.54, 1.807) is 18.2 Å². The molecule has 4 N–H and O–H groups in total. The molecule has 0 spiro atoms. The summed E-state index contributed by atoms with van der Waals surface area (Å²) in [5.74, 6) is -3.02. The number of rotatable bonds is 5. The van der Waals surface area contributed by atoms with Crippen molar-refractivity contribution in [3.05, 3.63) is 74.8 Å². The van der Waals surface area contributed by atoms with E-state index in [0.29, 0.717) is 28.3 Å². The van der Waals surface area contributed by atoms with Gasteiger partial charge in [-0.05, 0) is 37.1 Å². The zero-order valence-corrected chi connectivity index (χ0v) is 17.2. The number of aryl methyl sites for hydroxylation is 1. The lowest BCUT2D eigenvalue weighted by Gasteiger charge is -2.17. The Morgan fingerprint density at radius 2 is 1.77 bits per heavy atom. The summed E-state index contributed by atoms with van der Waals surface area (Å²) in [5.41, 5.74) is 2.97. The van der Waals surface area contributed by atoms with Gasteiger partial charge in [0.1, 0.15) is 5.82 Å². The number of hydrogen-bond acceptors (Lipinski definition) is 5. The van der Waals surface area contributed by atoms with Crippen LogP contribution in [0.4, 0.5) is 0 Å². The molecule has 9 heteroatoms. The number of nitrogens with zero attached hydrogens (tertiary/aromatic N) is 1. The zero-order valence-electron chi connectivity index (χ0n) is 16.5. The van der Waals surface area contributed by atoms with Gasteiger partial charge in [-0.15, -0.1) is 0 Å². The van der Waals surface area contributed by atoms with E-state index in [1.807, 2.05) is 0 Å². The first-order chi connectivity index (χ1) is 14.2. The first-order valence-electron chi connectivity index (χ1n) is 9.15. The highest BCUT2D eigenvalue weighted by Crippen LogP contribution is 2.18. The SMILES string of the molecule is CCC(NCc1nc2ccc(Cl)cc2c(=O)[nH]1)c1ccc(C)cc1.O=C(O)C(=O)O. The van der Waals surface area contributed by atoms with E-state index in [1.165, 1.54) is 11.1 Å². The van der Waals surface area contributed by atoms with Crippen molar-refractivity contribution in [2.45, 2.75) is 32.9 Å². The minimum absolute atomic E-state index is 0.164. The van der Waals surface area contributed by atoms with Crippen molar-refractivity contribution < 1.29 is 19.8 Å². The van der Waals surface area contributed by atoms with Crippen LogP contribution in [0, 0.1) is 6.92 Å². The Hall–Kier alpha value is -3.23. The Morgan fingerprint density at radius 3 is 2.33 bits per heavy atom. The highest BCUT2D eigenvalue weighted by atomic mass is 35.5. The molecule has 0 aliphatic heterocycles. The van der Waals surface area contributed by atoms with Crippen LogP contribution in [0.5, 0.6) is 0 Å². The second kappa shape index (κ2) is 10.5. The maximum atomic E-state index is 12.2. The number of aliphatic carboxylic acids is 2. The summed E-state index contributed by atoms with van der Waals surface area (Å²) >= 11 is 5.94. The van der Waals surface area contributed by atoms with E-state index in [4.69, 9.17) is 31.4 Å². The highest BCUT2D eigenvalue weighted by Gasteiger charge is 2.10. The van der Waals surface area contributed by atoms with Gasteiger partial charge in [-0.25, -0.2) is 14.6 Å². The standard InChI is InChI=1S/C19H20ClN3O.C2H2O4/c1-3-16(13-6-4-12(2)5-7-13)21-11-18-22-17-9-8-14(20)10-15(17)19(24)23-18;3-1(4)2(5)6/h4-10,16,21H,3,11H2,1-2H3,(H,22,23,24);(H,3,4)(H,5,6). The second-order valence-electron chi connectivity index (χ2n) is 6.54. The van der Waals surface area contributed by atoms with Crippen LogP contribution in [0.15, 0.2) is 47.3 Å². The van der Waals surface area contributed by atoms with Crippen molar-refractivity contribution in [1.82, 2.24) is 15.3 Å². The molecule has 0 aliphatic rings. The minimum Gasteiger partial charge on any atom is -0.473 e.